The number of nitrogens with one attached hydrogen (secondary N) is 1. The van der Waals surface area contributed by atoms with E-state index in [1.165, 1.54) is 11.8 Å². The highest BCUT2D eigenvalue weighted by Gasteiger charge is 2.25. The number of hydrogen-bond acceptors (Lipinski definition) is 4. The minimum Gasteiger partial charge on any atom is -0.335 e. The summed E-state index contributed by atoms with van der Waals surface area (Å²) in [5, 5.41) is 11.2. The van der Waals surface area contributed by atoms with E-state index in [1.807, 2.05) is 23.6 Å². The van der Waals surface area contributed by atoms with Crippen molar-refractivity contribution in [1.82, 2.24) is 29.8 Å². The number of aryl methyl sites for hydroxylation is 2. The summed E-state index contributed by atoms with van der Waals surface area (Å²) in [5.74, 6) is -0.0836. The summed E-state index contributed by atoms with van der Waals surface area (Å²) in [4.78, 5) is 16.5. The fraction of sp³-hybridized carbons (Fsp3) is 0.500. The molecule has 22 heavy (non-hydrogen) atoms. The molecule has 0 saturated carbocycles. The van der Waals surface area contributed by atoms with E-state index >= 15 is 0 Å². The van der Waals surface area contributed by atoms with Gasteiger partial charge in [0.1, 0.15) is 5.69 Å². The van der Waals surface area contributed by atoms with Crippen LogP contribution in [0.2, 0.25) is 5.02 Å². The lowest BCUT2D eigenvalue weighted by atomic mass is 10.2. The van der Waals surface area contributed by atoms with Crippen LogP contribution >= 0.6 is 11.6 Å². The third-order valence-electron chi connectivity index (χ3n) is 3.98. The van der Waals surface area contributed by atoms with Crippen LogP contribution in [-0.2, 0) is 13.6 Å². The Hall–Kier alpha value is -1.86. The number of piperazine rings is 1. The van der Waals surface area contributed by atoms with Gasteiger partial charge in [0.25, 0.3) is 5.91 Å². The van der Waals surface area contributed by atoms with Crippen molar-refractivity contribution in [3.05, 3.63) is 34.4 Å². The van der Waals surface area contributed by atoms with Gasteiger partial charge in [0.05, 0.1) is 16.9 Å². The lowest BCUT2D eigenvalue weighted by Crippen LogP contribution is -2.48. The molecule has 0 radical (unpaired) electrons. The Morgan fingerprint density at radius 3 is 2.64 bits per heavy atom. The van der Waals surface area contributed by atoms with Gasteiger partial charge in [0, 0.05) is 51.5 Å². The average Bonchev–Trinajstić information content (AvgIpc) is 3.05. The molecule has 7 nitrogen and oxygen atoms in total. The molecule has 0 aromatic carbocycles. The summed E-state index contributed by atoms with van der Waals surface area (Å²) in [6, 6.07) is 0. The molecule has 0 aliphatic carbocycles. The summed E-state index contributed by atoms with van der Waals surface area (Å²) >= 11 is 5.95. The van der Waals surface area contributed by atoms with E-state index in [0.29, 0.717) is 23.8 Å². The first-order valence-electron chi connectivity index (χ1n) is 7.24. The average molecular weight is 323 g/mol. The van der Waals surface area contributed by atoms with Gasteiger partial charge in [-0.25, -0.2) is 0 Å². The minimum absolute atomic E-state index is 0.0836. The Labute approximate surface area is 133 Å². The molecule has 1 saturated heterocycles. The van der Waals surface area contributed by atoms with Gasteiger partial charge in [-0.3, -0.25) is 19.5 Å². The number of carbonyl (C=O) groups is 1. The molecule has 2 aromatic rings. The van der Waals surface area contributed by atoms with Crippen LogP contribution in [0.5, 0.6) is 0 Å². The van der Waals surface area contributed by atoms with Crippen LogP contribution < -0.4 is 0 Å². The minimum atomic E-state index is -0.0836. The van der Waals surface area contributed by atoms with Crippen molar-refractivity contribution in [1.29, 1.82) is 0 Å². The first kappa shape index (κ1) is 15.1. The van der Waals surface area contributed by atoms with Crippen LogP contribution in [0.4, 0.5) is 0 Å². The zero-order valence-corrected chi connectivity index (χ0v) is 13.5. The standard InChI is InChI=1S/C14H19ClN6O/c1-10-11(8-19(2)18-10)9-20-3-5-21(6-4-20)14(22)13-12(15)7-16-17-13/h7-8H,3-6,9H2,1-2H3,(H,16,17). The molecule has 1 N–H and O–H groups in total. The number of aromatic nitrogens is 4. The second-order valence-corrected chi connectivity index (χ2v) is 5.98. The number of amides is 1. The lowest BCUT2D eigenvalue weighted by molar-refractivity contribution is 0.0622. The third-order valence-corrected chi connectivity index (χ3v) is 4.26. The predicted molar refractivity (Wildman–Crippen MR) is 82.7 cm³/mol. The van der Waals surface area contributed by atoms with Gasteiger partial charge < -0.3 is 4.90 Å². The Bertz CT molecular complexity index is 671. The number of aromatic amines is 1. The zero-order chi connectivity index (χ0) is 15.7. The lowest BCUT2D eigenvalue weighted by Gasteiger charge is -2.34. The number of carbonyl (C=O) groups excluding carboxylic acids is 1. The molecular weight excluding hydrogens is 304 g/mol. The van der Waals surface area contributed by atoms with Crippen LogP contribution in [0.15, 0.2) is 12.4 Å². The van der Waals surface area contributed by atoms with Gasteiger partial charge in [-0.15, -0.1) is 0 Å². The van der Waals surface area contributed by atoms with Crippen molar-refractivity contribution in [3.8, 4) is 0 Å². The molecular formula is C14H19ClN6O. The number of nitrogens with zero attached hydrogens (tertiary/aromatic N) is 5. The molecule has 3 rings (SSSR count). The smallest absolute Gasteiger partial charge is 0.273 e. The van der Waals surface area contributed by atoms with Crippen molar-refractivity contribution in [2.24, 2.45) is 7.05 Å². The number of rotatable bonds is 3. The molecule has 118 valence electrons. The van der Waals surface area contributed by atoms with E-state index in [9.17, 15) is 4.79 Å². The Morgan fingerprint density at radius 1 is 1.36 bits per heavy atom. The van der Waals surface area contributed by atoms with Gasteiger partial charge in [-0.05, 0) is 6.92 Å². The summed E-state index contributed by atoms with van der Waals surface area (Å²) in [7, 11) is 1.93. The van der Waals surface area contributed by atoms with E-state index in [0.717, 1.165) is 25.3 Å². The van der Waals surface area contributed by atoms with E-state index in [4.69, 9.17) is 11.6 Å². The largest absolute Gasteiger partial charge is 0.335 e. The highest BCUT2D eigenvalue weighted by Crippen LogP contribution is 2.16. The number of hydrogen-bond donors (Lipinski definition) is 1. The van der Waals surface area contributed by atoms with Crippen molar-refractivity contribution < 1.29 is 4.79 Å². The molecule has 0 bridgehead atoms. The topological polar surface area (TPSA) is 70.1 Å². The summed E-state index contributed by atoms with van der Waals surface area (Å²) in [6.45, 7) is 5.94. The van der Waals surface area contributed by atoms with Crippen molar-refractivity contribution in [2.45, 2.75) is 13.5 Å². The second-order valence-electron chi connectivity index (χ2n) is 5.57. The molecule has 0 spiro atoms. The van der Waals surface area contributed by atoms with E-state index in [2.05, 4.69) is 26.4 Å². The normalized spacial score (nSPS) is 16.2. The Morgan fingerprint density at radius 2 is 2.09 bits per heavy atom. The highest BCUT2D eigenvalue weighted by atomic mass is 35.5. The van der Waals surface area contributed by atoms with E-state index in [-0.39, 0.29) is 5.91 Å². The van der Waals surface area contributed by atoms with Gasteiger partial charge in [0.15, 0.2) is 0 Å². The molecule has 3 heterocycles. The summed E-state index contributed by atoms with van der Waals surface area (Å²) < 4.78 is 1.84. The predicted octanol–water partition coefficient (Wildman–Crippen LogP) is 1.06. The third kappa shape index (κ3) is 3.00. The number of H-pyrrole nitrogens is 1. The fourth-order valence-electron chi connectivity index (χ4n) is 2.73. The van der Waals surface area contributed by atoms with E-state index in [1.54, 1.807) is 0 Å². The second kappa shape index (κ2) is 6.10. The zero-order valence-electron chi connectivity index (χ0n) is 12.7. The molecule has 1 aliphatic rings. The van der Waals surface area contributed by atoms with Gasteiger partial charge in [-0.2, -0.15) is 10.2 Å². The van der Waals surface area contributed by atoms with Crippen LogP contribution in [0.1, 0.15) is 21.7 Å². The van der Waals surface area contributed by atoms with Gasteiger partial charge in [-0.1, -0.05) is 11.6 Å². The van der Waals surface area contributed by atoms with Crippen LogP contribution in [-0.4, -0.2) is 61.9 Å². The first-order valence-corrected chi connectivity index (χ1v) is 7.62. The van der Waals surface area contributed by atoms with Crippen LogP contribution in [0.25, 0.3) is 0 Å². The number of halogens is 1. The summed E-state index contributed by atoms with van der Waals surface area (Å²) in [6.07, 6.45) is 3.51. The maximum atomic E-state index is 12.3. The van der Waals surface area contributed by atoms with Crippen molar-refractivity contribution in [2.75, 3.05) is 26.2 Å². The molecule has 1 amide bonds. The summed E-state index contributed by atoms with van der Waals surface area (Å²) in [5.41, 5.74) is 2.67. The van der Waals surface area contributed by atoms with Gasteiger partial charge >= 0.3 is 0 Å². The maximum Gasteiger partial charge on any atom is 0.273 e. The Kier molecular flexibility index (Phi) is 4.17. The molecule has 1 fully saturated rings. The molecule has 1 aliphatic heterocycles. The highest BCUT2D eigenvalue weighted by molar-refractivity contribution is 6.33. The van der Waals surface area contributed by atoms with Crippen LogP contribution in [0.3, 0.4) is 0 Å². The van der Waals surface area contributed by atoms with Gasteiger partial charge in [0.2, 0.25) is 0 Å². The fourth-order valence-corrected chi connectivity index (χ4v) is 2.91. The van der Waals surface area contributed by atoms with Crippen molar-refractivity contribution in [3.63, 3.8) is 0 Å². The quantitative estimate of drug-likeness (QED) is 0.917. The van der Waals surface area contributed by atoms with E-state index < -0.39 is 0 Å². The SMILES string of the molecule is Cc1nn(C)cc1CN1CCN(C(=O)c2[nH]ncc2Cl)CC1. The van der Waals surface area contributed by atoms with Crippen LogP contribution in [0, 0.1) is 6.92 Å². The molecule has 2 aromatic heterocycles. The molecule has 8 heteroatoms. The molecule has 0 atom stereocenters. The Balaban J connectivity index is 1.57. The molecule has 0 unspecified atom stereocenters. The maximum absolute atomic E-state index is 12.3. The monoisotopic (exact) mass is 322 g/mol. The van der Waals surface area contributed by atoms with Crippen molar-refractivity contribution >= 4 is 17.5 Å². The first-order chi connectivity index (χ1) is 10.5.